The highest BCUT2D eigenvalue weighted by atomic mass is 35.7. The van der Waals surface area contributed by atoms with E-state index in [1.54, 1.807) is 0 Å². The zero-order valence-corrected chi connectivity index (χ0v) is 7.49. The van der Waals surface area contributed by atoms with E-state index in [0.29, 0.717) is 11.0 Å². The molecular weight excluding hydrogens is 221 g/mol. The lowest BCUT2D eigenvalue weighted by Gasteiger charge is -1.99. The van der Waals surface area contributed by atoms with Crippen molar-refractivity contribution >= 4 is 68.9 Å². The summed E-state index contributed by atoms with van der Waals surface area (Å²) in [4.78, 5) is 0. The van der Waals surface area contributed by atoms with Gasteiger partial charge in [0.15, 0.2) is 0 Å². The molecule has 0 bridgehead atoms. The molecule has 0 aliphatic rings. The van der Waals surface area contributed by atoms with Gasteiger partial charge in [-0.3, -0.25) is 0 Å². The molecule has 0 amide bonds. The molecular formula is CHCl5S. The molecule has 0 aromatic carbocycles. The van der Waals surface area contributed by atoms with Gasteiger partial charge in [0.25, 0.3) is 3.12 Å². The molecule has 0 saturated heterocycles. The van der Waals surface area contributed by atoms with Crippen LogP contribution in [0.4, 0.5) is 0 Å². The van der Waals surface area contributed by atoms with E-state index in [2.05, 4.69) is 0 Å². The fourth-order valence-electron chi connectivity index (χ4n) is 0. The largest absolute Gasteiger partial charge is 0.251 e. The van der Waals surface area contributed by atoms with E-state index in [1.165, 1.54) is 0 Å². The molecule has 6 heteroatoms. The number of hydrogen-bond acceptors (Lipinski definition) is 1. The zero-order chi connectivity index (χ0) is 5.21. The van der Waals surface area contributed by atoms with Gasteiger partial charge < -0.3 is 0 Å². The second-order valence-corrected chi connectivity index (χ2v) is 4.71. The van der Waals surface area contributed by atoms with Crippen molar-refractivity contribution in [3.8, 4) is 0 Å². The van der Waals surface area contributed by atoms with E-state index in [1.807, 2.05) is 0 Å². The minimum Gasteiger partial charge on any atom is -0.147 e. The molecule has 0 aliphatic carbocycles. The van der Waals surface area contributed by atoms with E-state index in [9.17, 15) is 0 Å². The van der Waals surface area contributed by atoms with Crippen LogP contribution in [0.15, 0.2) is 0 Å². The van der Waals surface area contributed by atoms with Gasteiger partial charge in [-0.1, -0.05) is 34.8 Å². The molecule has 0 rings (SSSR count). The SMILES string of the molecule is Cl.ClSC(Cl)(Cl)Cl. The summed E-state index contributed by atoms with van der Waals surface area (Å²) in [6.45, 7) is 0. The van der Waals surface area contributed by atoms with Crippen LogP contribution in [0.2, 0.25) is 0 Å². The quantitative estimate of drug-likeness (QED) is 0.564. The highest BCUT2D eigenvalue weighted by molar-refractivity contribution is 8.24. The summed E-state index contributed by atoms with van der Waals surface area (Å²) in [7, 11) is 5.65. The van der Waals surface area contributed by atoms with Gasteiger partial charge in [0.1, 0.15) is 0 Å². The van der Waals surface area contributed by atoms with Crippen LogP contribution in [-0.4, -0.2) is 3.12 Å². The van der Waals surface area contributed by atoms with E-state index in [-0.39, 0.29) is 12.4 Å². The number of rotatable bonds is 0. The minimum absolute atomic E-state index is 0. The van der Waals surface area contributed by atoms with Crippen molar-refractivity contribution in [2.24, 2.45) is 0 Å². The summed E-state index contributed by atoms with van der Waals surface area (Å²) >= 11 is 15.2. The van der Waals surface area contributed by atoms with Crippen LogP contribution in [0, 0.1) is 0 Å². The second kappa shape index (κ2) is 4.66. The van der Waals surface area contributed by atoms with Crippen LogP contribution in [0.3, 0.4) is 0 Å². The standard InChI is InChI=1S/CCl4S.ClH/c2-1(3,4)6-5;/h;1H. The molecule has 0 fully saturated rings. The Morgan fingerprint density at radius 2 is 1.29 bits per heavy atom. The Morgan fingerprint density at radius 3 is 1.29 bits per heavy atom. The summed E-state index contributed by atoms with van der Waals surface area (Å²) in [5.74, 6) is 0. The van der Waals surface area contributed by atoms with Crippen molar-refractivity contribution in [3.05, 3.63) is 0 Å². The first-order valence-corrected chi connectivity index (χ1v) is 3.70. The van der Waals surface area contributed by atoms with Crippen molar-refractivity contribution in [2.45, 2.75) is 3.12 Å². The summed E-state index contributed by atoms with van der Waals surface area (Å²) in [6, 6.07) is 0. The van der Waals surface area contributed by atoms with E-state index in [0.717, 1.165) is 0 Å². The van der Waals surface area contributed by atoms with Crippen LogP contribution < -0.4 is 0 Å². The summed E-state index contributed by atoms with van der Waals surface area (Å²) in [5, 5.41) is 0. The topological polar surface area (TPSA) is 0 Å². The lowest BCUT2D eigenvalue weighted by atomic mass is 11.8. The smallest absolute Gasteiger partial charge is 0.147 e. The van der Waals surface area contributed by atoms with Crippen LogP contribution in [-0.2, 0) is 0 Å². The summed E-state index contributed by atoms with van der Waals surface area (Å²) in [5.41, 5.74) is 0. The van der Waals surface area contributed by atoms with Crippen molar-refractivity contribution in [3.63, 3.8) is 0 Å². The third-order valence-electron chi connectivity index (χ3n) is 0.0875. The van der Waals surface area contributed by atoms with Gasteiger partial charge in [-0.15, -0.1) is 12.4 Å². The molecule has 0 aliphatic heterocycles. The second-order valence-electron chi connectivity index (χ2n) is 0.523. The lowest BCUT2D eigenvalue weighted by Crippen LogP contribution is -1.86. The molecule has 0 heterocycles. The summed E-state index contributed by atoms with van der Waals surface area (Å²) in [6.07, 6.45) is 0. The predicted octanol–water partition coefficient (Wildman–Crippen LogP) is 3.62. The first kappa shape index (κ1) is 11.6. The molecule has 0 nitrogen and oxygen atoms in total. The predicted molar refractivity (Wildman–Crippen MR) is 41.0 cm³/mol. The number of alkyl halides is 3. The van der Waals surface area contributed by atoms with Crippen molar-refractivity contribution in [2.75, 3.05) is 0 Å². The molecule has 0 atom stereocenters. The van der Waals surface area contributed by atoms with Crippen molar-refractivity contribution < 1.29 is 0 Å². The zero-order valence-electron chi connectivity index (χ0n) is 2.83. The molecule has 0 unspecified atom stereocenters. The van der Waals surface area contributed by atoms with Crippen molar-refractivity contribution in [1.82, 2.24) is 0 Å². The van der Waals surface area contributed by atoms with Crippen LogP contribution >= 0.6 is 68.9 Å². The van der Waals surface area contributed by atoms with Gasteiger partial charge in [-0.05, 0) is 10.7 Å². The highest BCUT2D eigenvalue weighted by Crippen LogP contribution is 2.40. The Hall–Kier alpha value is 1.80. The van der Waals surface area contributed by atoms with E-state index < -0.39 is 3.12 Å². The van der Waals surface area contributed by atoms with Gasteiger partial charge in [-0.25, -0.2) is 0 Å². The normalized spacial score (nSPS) is 10.3. The maximum Gasteiger partial charge on any atom is 0.251 e. The average molecular weight is 222 g/mol. The Balaban J connectivity index is 0. The number of hydrogen-bond donors (Lipinski definition) is 0. The van der Waals surface area contributed by atoms with Crippen molar-refractivity contribution in [1.29, 1.82) is 0 Å². The van der Waals surface area contributed by atoms with Crippen LogP contribution in [0.25, 0.3) is 0 Å². The monoisotopic (exact) mass is 220 g/mol. The third-order valence-corrected chi connectivity index (χ3v) is 2.36. The van der Waals surface area contributed by atoms with E-state index in [4.69, 9.17) is 45.5 Å². The number of halogens is 5. The molecule has 7 heavy (non-hydrogen) atoms. The molecule has 0 aromatic heterocycles. The fourth-order valence-corrected chi connectivity index (χ4v) is 0. The first-order valence-electron chi connectivity index (χ1n) is 0.925. The fraction of sp³-hybridized carbons (Fsp3) is 1.00. The highest BCUT2D eigenvalue weighted by Gasteiger charge is 2.17. The first-order chi connectivity index (χ1) is 2.56. The van der Waals surface area contributed by atoms with Gasteiger partial charge in [0, 0.05) is 11.0 Å². The molecule has 0 radical (unpaired) electrons. The molecule has 0 spiro atoms. The Bertz CT molecular complexity index is 37.8. The molecule has 0 N–H and O–H groups in total. The van der Waals surface area contributed by atoms with Gasteiger partial charge >= 0.3 is 0 Å². The molecule has 0 aromatic rings. The average Bonchev–Trinajstić information content (AvgIpc) is 1.35. The van der Waals surface area contributed by atoms with Crippen LogP contribution in [0.5, 0.6) is 0 Å². The maximum atomic E-state index is 5.08. The minimum atomic E-state index is -1.36. The van der Waals surface area contributed by atoms with E-state index >= 15 is 0 Å². The third kappa shape index (κ3) is 11.4. The van der Waals surface area contributed by atoms with Gasteiger partial charge in [0.2, 0.25) is 0 Å². The molecule has 0 saturated carbocycles. The Labute approximate surface area is 71.7 Å². The Morgan fingerprint density at radius 1 is 1.14 bits per heavy atom. The molecule has 46 valence electrons. The van der Waals surface area contributed by atoms with Gasteiger partial charge in [0.05, 0.1) is 0 Å². The summed E-state index contributed by atoms with van der Waals surface area (Å²) < 4.78 is -1.36. The van der Waals surface area contributed by atoms with Gasteiger partial charge in [-0.2, -0.15) is 0 Å². The Kier molecular flexibility index (Phi) is 7.70. The van der Waals surface area contributed by atoms with Crippen LogP contribution in [0.1, 0.15) is 0 Å². The lowest BCUT2D eigenvalue weighted by molar-refractivity contribution is 1.81. The maximum absolute atomic E-state index is 5.08.